The van der Waals surface area contributed by atoms with Crippen LogP contribution in [0.4, 0.5) is 13.2 Å². The second-order valence-electron chi connectivity index (χ2n) is 4.55. The van der Waals surface area contributed by atoms with Crippen LogP contribution >= 0.6 is 0 Å². The van der Waals surface area contributed by atoms with Crippen LogP contribution in [0.3, 0.4) is 0 Å². The summed E-state index contributed by atoms with van der Waals surface area (Å²) in [5.41, 5.74) is 0.213. The van der Waals surface area contributed by atoms with Crippen LogP contribution in [0.1, 0.15) is 11.1 Å². The minimum atomic E-state index is -4.59. The minimum absolute atomic E-state index is 0.205. The third-order valence-corrected chi connectivity index (χ3v) is 2.97. The van der Waals surface area contributed by atoms with Crippen molar-refractivity contribution >= 4 is 5.97 Å². The van der Waals surface area contributed by atoms with Crippen molar-refractivity contribution in [2.45, 2.75) is 12.6 Å². The van der Waals surface area contributed by atoms with E-state index in [1.807, 2.05) is 0 Å². The van der Waals surface area contributed by atoms with Crippen molar-refractivity contribution in [1.82, 2.24) is 4.98 Å². The molecular formula is C15H12F3NO3. The van der Waals surface area contributed by atoms with Gasteiger partial charge in [-0.2, -0.15) is 13.2 Å². The zero-order valence-electron chi connectivity index (χ0n) is 11.5. The second-order valence-corrected chi connectivity index (χ2v) is 4.55. The molecule has 0 spiro atoms. The molecule has 1 aromatic heterocycles. The van der Waals surface area contributed by atoms with Gasteiger partial charge in [0.15, 0.2) is 0 Å². The first kappa shape index (κ1) is 15.8. The van der Waals surface area contributed by atoms with E-state index in [2.05, 4.69) is 9.72 Å². The van der Waals surface area contributed by atoms with Gasteiger partial charge in [-0.25, -0.2) is 4.98 Å². The van der Waals surface area contributed by atoms with Gasteiger partial charge in [0, 0.05) is 11.8 Å². The van der Waals surface area contributed by atoms with Gasteiger partial charge in [0.05, 0.1) is 13.5 Å². The van der Waals surface area contributed by atoms with Crippen molar-refractivity contribution in [3.05, 3.63) is 47.7 Å². The highest BCUT2D eigenvalue weighted by atomic mass is 19.4. The number of aromatic nitrogens is 1. The average Bonchev–Trinajstić information content (AvgIpc) is 2.45. The monoisotopic (exact) mass is 311 g/mol. The average molecular weight is 311 g/mol. The van der Waals surface area contributed by atoms with Gasteiger partial charge in [0.2, 0.25) is 5.88 Å². The number of alkyl halides is 3. The van der Waals surface area contributed by atoms with Gasteiger partial charge in [-0.1, -0.05) is 24.3 Å². The van der Waals surface area contributed by atoms with Crippen LogP contribution in [-0.4, -0.2) is 23.2 Å². The summed E-state index contributed by atoms with van der Waals surface area (Å²) >= 11 is 0. The maximum absolute atomic E-state index is 13.0. The molecule has 2 rings (SSSR count). The van der Waals surface area contributed by atoms with Gasteiger partial charge >= 0.3 is 12.1 Å². The van der Waals surface area contributed by atoms with Crippen molar-refractivity contribution in [1.29, 1.82) is 0 Å². The van der Waals surface area contributed by atoms with E-state index in [9.17, 15) is 18.0 Å². The number of methoxy groups -OCH3 is 1. The van der Waals surface area contributed by atoms with E-state index < -0.39 is 23.6 Å². The number of rotatable bonds is 4. The number of carboxylic acid groups (broad SMARTS) is 1. The molecule has 0 bridgehead atoms. The molecule has 0 aliphatic heterocycles. The third-order valence-electron chi connectivity index (χ3n) is 2.97. The third kappa shape index (κ3) is 3.55. The first-order chi connectivity index (χ1) is 10.3. The van der Waals surface area contributed by atoms with Gasteiger partial charge in [-0.3, -0.25) is 4.79 Å². The molecule has 0 saturated heterocycles. The van der Waals surface area contributed by atoms with Gasteiger partial charge in [0.25, 0.3) is 0 Å². The second kappa shape index (κ2) is 6.05. The Morgan fingerprint density at radius 3 is 2.59 bits per heavy atom. The van der Waals surface area contributed by atoms with E-state index in [1.165, 1.54) is 12.3 Å². The predicted molar refractivity (Wildman–Crippen MR) is 72.6 cm³/mol. The van der Waals surface area contributed by atoms with Crippen molar-refractivity contribution < 1.29 is 27.8 Å². The number of halogens is 3. The molecule has 2 aromatic rings. The van der Waals surface area contributed by atoms with Gasteiger partial charge in [0.1, 0.15) is 5.56 Å². The standard InChI is InChI=1S/C15H12F3NO3/c1-22-14-12(15(16,17)18)7-11(8-19-14)10-4-2-3-9(5-10)6-13(20)21/h2-5,7-8H,6H2,1H3,(H,20,21). The summed E-state index contributed by atoms with van der Waals surface area (Å²) in [5.74, 6) is -1.51. The number of aliphatic carboxylic acids is 1. The first-order valence-electron chi connectivity index (χ1n) is 6.23. The maximum Gasteiger partial charge on any atom is 0.421 e. The quantitative estimate of drug-likeness (QED) is 0.940. The smallest absolute Gasteiger partial charge is 0.421 e. The Morgan fingerprint density at radius 2 is 2.00 bits per heavy atom. The number of benzene rings is 1. The number of hydrogen-bond donors (Lipinski definition) is 1. The van der Waals surface area contributed by atoms with E-state index in [0.717, 1.165) is 13.2 Å². The van der Waals surface area contributed by atoms with Crippen LogP contribution in [-0.2, 0) is 17.4 Å². The Kier molecular flexibility index (Phi) is 4.35. The Balaban J connectivity index is 2.47. The van der Waals surface area contributed by atoms with E-state index >= 15 is 0 Å². The number of pyridine rings is 1. The fraction of sp³-hybridized carbons (Fsp3) is 0.200. The normalized spacial score (nSPS) is 11.3. The van der Waals surface area contributed by atoms with E-state index in [0.29, 0.717) is 11.1 Å². The molecule has 0 aliphatic carbocycles. The molecule has 0 aliphatic rings. The van der Waals surface area contributed by atoms with E-state index in [1.54, 1.807) is 18.2 Å². The molecule has 0 atom stereocenters. The molecule has 0 amide bonds. The number of carbonyl (C=O) groups is 1. The predicted octanol–water partition coefficient (Wildman–Crippen LogP) is 3.40. The largest absolute Gasteiger partial charge is 0.481 e. The molecule has 22 heavy (non-hydrogen) atoms. The van der Waals surface area contributed by atoms with Crippen molar-refractivity contribution in [2.24, 2.45) is 0 Å². The molecular weight excluding hydrogens is 299 g/mol. The molecule has 1 N–H and O–H groups in total. The highest BCUT2D eigenvalue weighted by Gasteiger charge is 2.35. The van der Waals surface area contributed by atoms with Crippen LogP contribution in [0, 0.1) is 0 Å². The lowest BCUT2D eigenvalue weighted by Crippen LogP contribution is -2.09. The summed E-state index contributed by atoms with van der Waals surface area (Å²) in [4.78, 5) is 14.4. The summed E-state index contributed by atoms with van der Waals surface area (Å²) < 4.78 is 43.6. The molecule has 0 fully saturated rings. The number of carboxylic acids is 1. The van der Waals surface area contributed by atoms with Gasteiger partial charge in [-0.05, 0) is 17.2 Å². The summed E-state index contributed by atoms with van der Waals surface area (Å²) in [6.07, 6.45) is -3.54. The van der Waals surface area contributed by atoms with Crippen LogP contribution in [0.5, 0.6) is 5.88 Å². The summed E-state index contributed by atoms with van der Waals surface area (Å²) in [5, 5.41) is 8.77. The Labute approximate surface area is 124 Å². The highest BCUT2D eigenvalue weighted by molar-refractivity contribution is 5.72. The fourth-order valence-electron chi connectivity index (χ4n) is 2.01. The first-order valence-corrected chi connectivity index (χ1v) is 6.23. The molecule has 1 heterocycles. The van der Waals surface area contributed by atoms with E-state index in [4.69, 9.17) is 5.11 Å². The number of ether oxygens (including phenoxy) is 1. The molecule has 0 radical (unpaired) electrons. The topological polar surface area (TPSA) is 59.4 Å². The molecule has 116 valence electrons. The van der Waals surface area contributed by atoms with Gasteiger partial charge in [-0.15, -0.1) is 0 Å². The SMILES string of the molecule is COc1ncc(-c2cccc(CC(=O)O)c2)cc1C(F)(F)F. The van der Waals surface area contributed by atoms with Crippen molar-refractivity contribution in [2.75, 3.05) is 7.11 Å². The molecule has 4 nitrogen and oxygen atoms in total. The summed E-state index contributed by atoms with van der Waals surface area (Å²) in [6.45, 7) is 0. The number of hydrogen-bond acceptors (Lipinski definition) is 3. The lowest BCUT2D eigenvalue weighted by atomic mass is 10.0. The lowest BCUT2D eigenvalue weighted by molar-refractivity contribution is -0.139. The van der Waals surface area contributed by atoms with Crippen molar-refractivity contribution in [3.63, 3.8) is 0 Å². The Bertz CT molecular complexity index is 699. The highest BCUT2D eigenvalue weighted by Crippen LogP contribution is 2.37. The molecule has 7 heteroatoms. The van der Waals surface area contributed by atoms with Crippen LogP contribution < -0.4 is 4.74 Å². The molecule has 0 saturated carbocycles. The van der Waals surface area contributed by atoms with Gasteiger partial charge < -0.3 is 9.84 Å². The molecule has 1 aromatic carbocycles. The molecule has 0 unspecified atom stereocenters. The van der Waals surface area contributed by atoms with Crippen LogP contribution in [0.25, 0.3) is 11.1 Å². The van der Waals surface area contributed by atoms with Crippen LogP contribution in [0.2, 0.25) is 0 Å². The summed E-state index contributed by atoms with van der Waals surface area (Å²) in [6, 6.07) is 7.24. The minimum Gasteiger partial charge on any atom is -0.481 e. The Morgan fingerprint density at radius 1 is 1.27 bits per heavy atom. The Hall–Kier alpha value is -2.57. The van der Waals surface area contributed by atoms with E-state index in [-0.39, 0.29) is 12.0 Å². The van der Waals surface area contributed by atoms with Crippen molar-refractivity contribution in [3.8, 4) is 17.0 Å². The number of nitrogens with zero attached hydrogens (tertiary/aromatic N) is 1. The lowest BCUT2D eigenvalue weighted by Gasteiger charge is -2.12. The fourth-order valence-corrected chi connectivity index (χ4v) is 2.01. The maximum atomic E-state index is 13.0. The summed E-state index contributed by atoms with van der Waals surface area (Å²) in [7, 11) is 1.12. The van der Waals surface area contributed by atoms with Crippen LogP contribution in [0.15, 0.2) is 36.5 Å². The zero-order chi connectivity index (χ0) is 16.3. The zero-order valence-corrected chi connectivity index (χ0v) is 11.5.